The highest BCUT2D eigenvalue weighted by molar-refractivity contribution is 5.84. The Labute approximate surface area is 190 Å². The van der Waals surface area contributed by atoms with Crippen LogP contribution in [0.2, 0.25) is 0 Å². The molecule has 3 aromatic rings. The zero-order valence-corrected chi connectivity index (χ0v) is 17.9. The molecule has 6 nitrogen and oxygen atoms in total. The molecule has 166 valence electrons. The molecule has 6 rings (SSSR count). The molecule has 1 spiro atoms. The second-order valence-electron chi connectivity index (χ2n) is 8.42. The fourth-order valence-corrected chi connectivity index (χ4v) is 4.75. The lowest BCUT2D eigenvalue weighted by atomic mass is 9.78. The van der Waals surface area contributed by atoms with E-state index in [2.05, 4.69) is 11.1 Å². The fourth-order valence-electron chi connectivity index (χ4n) is 4.75. The summed E-state index contributed by atoms with van der Waals surface area (Å²) in [5.74, 6) is 0.594. The summed E-state index contributed by atoms with van der Waals surface area (Å²) in [5, 5.41) is 0. The van der Waals surface area contributed by atoms with Gasteiger partial charge in [0.15, 0.2) is 11.6 Å². The van der Waals surface area contributed by atoms with Crippen LogP contribution in [0.1, 0.15) is 23.1 Å². The number of rotatable bonds is 2. The molecule has 2 N–H and O–H groups in total. The summed E-state index contributed by atoms with van der Waals surface area (Å²) in [7, 11) is 0. The van der Waals surface area contributed by atoms with Crippen molar-refractivity contribution < 1.29 is 18.6 Å². The van der Waals surface area contributed by atoms with Crippen molar-refractivity contribution >= 4 is 11.4 Å². The normalized spacial score (nSPS) is 21.5. The van der Waals surface area contributed by atoms with Gasteiger partial charge in [0.25, 0.3) is 0 Å². The number of amidine groups is 1. The molecule has 0 unspecified atom stereocenters. The van der Waals surface area contributed by atoms with E-state index in [1.54, 1.807) is 12.4 Å². The molecular formula is C26H22FN3O3. The maximum Gasteiger partial charge on any atom is 0.169 e. The lowest BCUT2D eigenvalue weighted by Crippen LogP contribution is -2.42. The third-order valence-corrected chi connectivity index (χ3v) is 6.30. The summed E-state index contributed by atoms with van der Waals surface area (Å²) >= 11 is 0. The van der Waals surface area contributed by atoms with Gasteiger partial charge in [0.1, 0.15) is 23.7 Å². The molecule has 0 radical (unpaired) electrons. The minimum atomic E-state index is -1.02. The van der Waals surface area contributed by atoms with Crippen molar-refractivity contribution in [3.05, 3.63) is 83.4 Å². The number of fused-ring (bicyclic) bond motifs is 4. The van der Waals surface area contributed by atoms with Gasteiger partial charge in [-0.15, -0.1) is 0 Å². The Bertz CT molecular complexity index is 1310. The van der Waals surface area contributed by atoms with Crippen molar-refractivity contribution in [3.63, 3.8) is 0 Å². The van der Waals surface area contributed by atoms with Gasteiger partial charge >= 0.3 is 0 Å². The van der Waals surface area contributed by atoms with E-state index in [0.717, 1.165) is 34.2 Å². The van der Waals surface area contributed by atoms with Crippen LogP contribution in [-0.2, 0) is 15.0 Å². The Morgan fingerprint density at radius 3 is 2.67 bits per heavy atom. The first-order chi connectivity index (χ1) is 16.1. The number of aliphatic imine (C=N–C) groups is 1. The van der Waals surface area contributed by atoms with Gasteiger partial charge in [0.2, 0.25) is 0 Å². The van der Waals surface area contributed by atoms with E-state index < -0.39 is 11.4 Å². The van der Waals surface area contributed by atoms with E-state index in [0.29, 0.717) is 30.4 Å². The number of hydrogen-bond acceptors (Lipinski definition) is 6. The fraction of sp³-hybridized carbons (Fsp3) is 0.231. The van der Waals surface area contributed by atoms with Crippen molar-refractivity contribution in [1.29, 1.82) is 0 Å². The first-order valence-corrected chi connectivity index (χ1v) is 10.9. The molecule has 0 saturated carbocycles. The summed E-state index contributed by atoms with van der Waals surface area (Å²) in [6.45, 7) is 1.57. The Balaban J connectivity index is 1.58. The second-order valence-corrected chi connectivity index (χ2v) is 8.42. The van der Waals surface area contributed by atoms with Crippen LogP contribution in [-0.4, -0.2) is 37.2 Å². The zero-order chi connectivity index (χ0) is 22.4. The van der Waals surface area contributed by atoms with E-state index in [9.17, 15) is 0 Å². The van der Waals surface area contributed by atoms with Crippen molar-refractivity contribution in [2.45, 2.75) is 12.0 Å². The third-order valence-electron chi connectivity index (χ3n) is 6.30. The summed E-state index contributed by atoms with van der Waals surface area (Å²) < 4.78 is 33.0. The Morgan fingerprint density at radius 1 is 0.970 bits per heavy atom. The van der Waals surface area contributed by atoms with E-state index >= 15 is 4.39 Å². The van der Waals surface area contributed by atoms with Gasteiger partial charge in [0.05, 0.1) is 19.8 Å². The summed E-state index contributed by atoms with van der Waals surface area (Å²) in [6.07, 6.45) is 6.41. The summed E-state index contributed by atoms with van der Waals surface area (Å²) in [4.78, 5) is 9.10. The maximum absolute atomic E-state index is 15.4. The highest BCUT2D eigenvalue weighted by atomic mass is 19.1. The molecule has 0 amide bonds. The van der Waals surface area contributed by atoms with Gasteiger partial charge in [-0.05, 0) is 53.5 Å². The molecule has 4 heterocycles. The standard InChI is InChI=1S/C26H22FN3O3/c27-22-11-19(18-4-2-8-31-13-18)10-21-25(22)33-23-6-5-16(17-3-1-7-29-12-17)9-20(23)26(21)15-32-14-24(28)30-26/h1,3-7,9-12H,2,8,13-15H2,(H2,28,30)/t26-/m0/s1. The second kappa shape index (κ2) is 7.79. The molecule has 3 aliphatic rings. The third kappa shape index (κ3) is 3.32. The van der Waals surface area contributed by atoms with E-state index in [4.69, 9.17) is 24.9 Å². The van der Waals surface area contributed by atoms with Crippen LogP contribution in [0.25, 0.3) is 16.7 Å². The number of halogens is 1. The molecule has 0 bridgehead atoms. The highest BCUT2D eigenvalue weighted by Gasteiger charge is 2.46. The smallest absolute Gasteiger partial charge is 0.169 e. The van der Waals surface area contributed by atoms with Crippen molar-refractivity contribution in [2.24, 2.45) is 10.7 Å². The maximum atomic E-state index is 15.4. The minimum absolute atomic E-state index is 0.153. The average Bonchev–Trinajstić information content (AvgIpc) is 2.86. The first-order valence-electron chi connectivity index (χ1n) is 10.9. The van der Waals surface area contributed by atoms with Crippen LogP contribution >= 0.6 is 0 Å². The Kier molecular flexibility index (Phi) is 4.74. The van der Waals surface area contributed by atoms with Gasteiger partial charge in [-0.2, -0.15) is 0 Å². The highest BCUT2D eigenvalue weighted by Crippen LogP contribution is 2.52. The topological polar surface area (TPSA) is 79.0 Å². The van der Waals surface area contributed by atoms with Crippen LogP contribution in [0.5, 0.6) is 11.5 Å². The molecule has 0 fully saturated rings. The van der Waals surface area contributed by atoms with Gasteiger partial charge in [-0.3, -0.25) is 9.98 Å². The Morgan fingerprint density at radius 2 is 1.88 bits per heavy atom. The van der Waals surface area contributed by atoms with Crippen molar-refractivity contribution in [3.8, 4) is 22.6 Å². The molecule has 2 aromatic carbocycles. The summed E-state index contributed by atoms with van der Waals surface area (Å²) in [5.41, 5.74) is 10.1. The van der Waals surface area contributed by atoms with Crippen LogP contribution in [0.4, 0.5) is 4.39 Å². The lowest BCUT2D eigenvalue weighted by molar-refractivity contribution is 0.109. The minimum Gasteiger partial charge on any atom is -0.453 e. The largest absolute Gasteiger partial charge is 0.453 e. The van der Waals surface area contributed by atoms with E-state index in [1.807, 2.05) is 36.4 Å². The SMILES string of the molecule is NC1=N[C@@]2(COC1)c1cc(-c3cccnc3)ccc1Oc1c(F)cc(C3=CCCOC3)cc12. The van der Waals surface area contributed by atoms with E-state index in [1.165, 1.54) is 6.07 Å². The predicted molar refractivity (Wildman–Crippen MR) is 123 cm³/mol. The molecule has 33 heavy (non-hydrogen) atoms. The van der Waals surface area contributed by atoms with Crippen LogP contribution in [0, 0.1) is 5.82 Å². The number of hydrogen-bond donors (Lipinski definition) is 1. The number of pyridine rings is 1. The molecule has 0 aliphatic carbocycles. The number of ether oxygens (including phenoxy) is 3. The van der Waals surface area contributed by atoms with E-state index in [-0.39, 0.29) is 19.0 Å². The Hall–Kier alpha value is -3.55. The van der Waals surface area contributed by atoms with Crippen LogP contribution in [0.15, 0.2) is 65.9 Å². The van der Waals surface area contributed by atoms with Gasteiger partial charge < -0.3 is 19.9 Å². The van der Waals surface area contributed by atoms with Gasteiger partial charge in [-0.25, -0.2) is 4.39 Å². The number of benzene rings is 2. The van der Waals surface area contributed by atoms with Crippen molar-refractivity contribution in [2.75, 3.05) is 26.4 Å². The van der Waals surface area contributed by atoms with Crippen LogP contribution in [0.3, 0.4) is 0 Å². The molecule has 3 aliphatic heterocycles. The monoisotopic (exact) mass is 443 g/mol. The zero-order valence-electron chi connectivity index (χ0n) is 17.9. The summed E-state index contributed by atoms with van der Waals surface area (Å²) in [6, 6.07) is 13.1. The first kappa shape index (κ1) is 20.1. The lowest BCUT2D eigenvalue weighted by Gasteiger charge is -2.40. The van der Waals surface area contributed by atoms with Crippen molar-refractivity contribution in [1.82, 2.24) is 4.98 Å². The molecule has 1 aromatic heterocycles. The molecule has 7 heteroatoms. The van der Waals surface area contributed by atoms with Gasteiger partial charge in [-0.1, -0.05) is 18.2 Å². The molecule has 1 atom stereocenters. The number of nitrogens with two attached hydrogens (primary N) is 1. The molecular weight excluding hydrogens is 421 g/mol. The number of nitrogens with zero attached hydrogens (tertiary/aromatic N) is 2. The number of aromatic nitrogens is 1. The average molecular weight is 443 g/mol. The van der Waals surface area contributed by atoms with Crippen LogP contribution < -0.4 is 10.5 Å². The quantitative estimate of drug-likeness (QED) is 0.634. The molecule has 0 saturated heterocycles. The van der Waals surface area contributed by atoms with Gasteiger partial charge in [0, 0.05) is 29.1 Å². The predicted octanol–water partition coefficient (Wildman–Crippen LogP) is 4.43.